The number of hydrogen-bond donors (Lipinski definition) is 1. The summed E-state index contributed by atoms with van der Waals surface area (Å²) in [5.74, 6) is 5.01. The van der Waals surface area contributed by atoms with E-state index in [9.17, 15) is 8.42 Å². The Morgan fingerprint density at radius 1 is 0.889 bits per heavy atom. The van der Waals surface area contributed by atoms with Gasteiger partial charge < -0.3 is 5.32 Å². The maximum atomic E-state index is 11.9. The van der Waals surface area contributed by atoms with Gasteiger partial charge >= 0.3 is 0 Å². The second-order valence-corrected chi connectivity index (χ2v) is 9.41. The summed E-state index contributed by atoms with van der Waals surface area (Å²) >= 11 is 0. The van der Waals surface area contributed by atoms with Gasteiger partial charge in [-0.1, -0.05) is 0 Å². The third-order valence-electron chi connectivity index (χ3n) is 6.02. The van der Waals surface area contributed by atoms with Crippen LogP contribution in [-0.2, 0) is 9.84 Å². The Balaban J connectivity index is 1.58. The van der Waals surface area contributed by atoms with E-state index in [2.05, 4.69) is 5.32 Å². The first-order chi connectivity index (χ1) is 8.61. The average Bonchev–Trinajstić information content (AvgIpc) is 2.25. The zero-order valence-electron chi connectivity index (χ0n) is 10.8. The molecule has 0 aromatic heterocycles. The summed E-state index contributed by atoms with van der Waals surface area (Å²) in [5.41, 5.74) is 0. The van der Waals surface area contributed by atoms with E-state index in [-0.39, 0.29) is 6.04 Å². The number of hydrogen-bond acceptors (Lipinski definition) is 3. The highest BCUT2D eigenvalue weighted by molar-refractivity contribution is 7.91. The summed E-state index contributed by atoms with van der Waals surface area (Å²) in [5, 5.41) is 3.52. The van der Waals surface area contributed by atoms with Crippen LogP contribution in [0.2, 0.25) is 0 Å². The van der Waals surface area contributed by atoms with Crippen LogP contribution in [0.15, 0.2) is 0 Å². The molecule has 4 saturated carbocycles. The Bertz CT molecular complexity index is 417. The molecule has 1 unspecified atom stereocenters. The molecule has 1 aliphatic heterocycles. The van der Waals surface area contributed by atoms with Crippen molar-refractivity contribution in [1.29, 1.82) is 0 Å². The Morgan fingerprint density at radius 2 is 1.50 bits per heavy atom. The van der Waals surface area contributed by atoms with Crippen LogP contribution >= 0.6 is 0 Å². The van der Waals surface area contributed by atoms with E-state index in [1.807, 2.05) is 0 Å². The molecule has 0 amide bonds. The maximum Gasteiger partial charge on any atom is 0.153 e. The SMILES string of the molecule is O=S1(=O)CCNC(C2C3CC4CC(C3)CC2C4)C1. The molecule has 3 nitrogen and oxygen atoms in total. The molecule has 4 aliphatic carbocycles. The van der Waals surface area contributed by atoms with Gasteiger partial charge in [0.15, 0.2) is 9.84 Å². The average molecular weight is 269 g/mol. The first-order valence-electron chi connectivity index (χ1n) is 7.54. The fraction of sp³-hybridized carbons (Fsp3) is 1.00. The predicted octanol–water partition coefficient (Wildman–Crippen LogP) is 1.45. The molecular formula is C14H23NO2S. The topological polar surface area (TPSA) is 46.2 Å². The lowest BCUT2D eigenvalue weighted by Gasteiger charge is -2.56. The van der Waals surface area contributed by atoms with Crippen LogP contribution in [0.25, 0.3) is 0 Å². The van der Waals surface area contributed by atoms with Gasteiger partial charge in [-0.05, 0) is 61.7 Å². The van der Waals surface area contributed by atoms with Gasteiger partial charge in [0, 0.05) is 12.6 Å². The second-order valence-electron chi connectivity index (χ2n) is 7.18. The van der Waals surface area contributed by atoms with Crippen LogP contribution in [0.3, 0.4) is 0 Å². The van der Waals surface area contributed by atoms with Crippen LogP contribution in [0.4, 0.5) is 0 Å². The molecule has 0 spiro atoms. The monoisotopic (exact) mass is 269 g/mol. The molecule has 102 valence electrons. The molecule has 4 heteroatoms. The highest BCUT2D eigenvalue weighted by Crippen LogP contribution is 2.57. The molecule has 0 aromatic carbocycles. The van der Waals surface area contributed by atoms with Crippen LogP contribution in [0.1, 0.15) is 32.1 Å². The van der Waals surface area contributed by atoms with Crippen LogP contribution in [-0.4, -0.2) is 32.5 Å². The molecule has 0 radical (unpaired) electrons. The molecule has 5 aliphatic rings. The van der Waals surface area contributed by atoms with E-state index in [4.69, 9.17) is 0 Å². The second kappa shape index (κ2) is 3.95. The highest BCUT2D eigenvalue weighted by Gasteiger charge is 2.51. The Morgan fingerprint density at radius 3 is 2.06 bits per heavy atom. The van der Waals surface area contributed by atoms with E-state index in [1.54, 1.807) is 0 Å². The minimum absolute atomic E-state index is 0.263. The normalized spacial score (nSPS) is 53.6. The lowest BCUT2D eigenvalue weighted by atomic mass is 9.50. The Kier molecular flexibility index (Phi) is 2.57. The van der Waals surface area contributed by atoms with Crippen molar-refractivity contribution in [3.63, 3.8) is 0 Å². The third-order valence-corrected chi connectivity index (χ3v) is 7.71. The van der Waals surface area contributed by atoms with Crippen molar-refractivity contribution < 1.29 is 8.42 Å². The predicted molar refractivity (Wildman–Crippen MR) is 71.0 cm³/mol. The number of rotatable bonds is 1. The molecule has 1 N–H and O–H groups in total. The molecule has 5 rings (SSSR count). The van der Waals surface area contributed by atoms with E-state index in [0.29, 0.717) is 24.0 Å². The number of nitrogens with one attached hydrogen (secondary N) is 1. The molecule has 18 heavy (non-hydrogen) atoms. The minimum Gasteiger partial charge on any atom is -0.312 e. The van der Waals surface area contributed by atoms with Crippen molar-refractivity contribution in [3.05, 3.63) is 0 Å². The third kappa shape index (κ3) is 1.83. The fourth-order valence-electron chi connectivity index (χ4n) is 5.69. The molecule has 4 bridgehead atoms. The van der Waals surface area contributed by atoms with Crippen LogP contribution in [0.5, 0.6) is 0 Å². The molecule has 1 heterocycles. The zero-order valence-corrected chi connectivity index (χ0v) is 11.7. The van der Waals surface area contributed by atoms with Crippen molar-refractivity contribution >= 4 is 9.84 Å². The van der Waals surface area contributed by atoms with Crippen molar-refractivity contribution in [2.24, 2.45) is 29.6 Å². The molecule has 0 aromatic rings. The highest BCUT2D eigenvalue weighted by atomic mass is 32.2. The fourth-order valence-corrected chi connectivity index (χ4v) is 7.17. The summed E-state index contributed by atoms with van der Waals surface area (Å²) in [7, 11) is -2.78. The van der Waals surface area contributed by atoms with Crippen molar-refractivity contribution in [1.82, 2.24) is 5.32 Å². The van der Waals surface area contributed by atoms with Gasteiger partial charge in [-0.25, -0.2) is 8.42 Å². The largest absolute Gasteiger partial charge is 0.312 e. The minimum atomic E-state index is -2.78. The summed E-state index contributed by atoms with van der Waals surface area (Å²) in [4.78, 5) is 0. The molecular weight excluding hydrogens is 246 g/mol. The summed E-state index contributed by atoms with van der Waals surface area (Å²) in [6.45, 7) is 0.676. The molecule has 1 atom stereocenters. The van der Waals surface area contributed by atoms with E-state index >= 15 is 0 Å². The van der Waals surface area contributed by atoms with Gasteiger partial charge in [0.25, 0.3) is 0 Å². The smallest absolute Gasteiger partial charge is 0.153 e. The zero-order chi connectivity index (χ0) is 12.3. The Hall–Kier alpha value is -0.0900. The van der Waals surface area contributed by atoms with Crippen molar-refractivity contribution in [2.45, 2.75) is 38.1 Å². The maximum absolute atomic E-state index is 11.9. The molecule has 5 fully saturated rings. The van der Waals surface area contributed by atoms with E-state index < -0.39 is 9.84 Å². The van der Waals surface area contributed by atoms with Gasteiger partial charge in [0.05, 0.1) is 11.5 Å². The summed E-state index contributed by atoms with van der Waals surface area (Å²) in [6, 6.07) is 0.263. The van der Waals surface area contributed by atoms with Gasteiger partial charge in [-0.15, -0.1) is 0 Å². The summed E-state index contributed by atoms with van der Waals surface area (Å²) in [6.07, 6.45) is 7.01. The summed E-state index contributed by atoms with van der Waals surface area (Å²) < 4.78 is 23.7. The molecule has 1 saturated heterocycles. The van der Waals surface area contributed by atoms with Crippen LogP contribution < -0.4 is 5.32 Å². The lowest BCUT2D eigenvalue weighted by molar-refractivity contribution is -0.0488. The van der Waals surface area contributed by atoms with Gasteiger partial charge in [0.1, 0.15) is 0 Å². The first-order valence-corrected chi connectivity index (χ1v) is 9.37. The van der Waals surface area contributed by atoms with E-state index in [0.717, 1.165) is 23.7 Å². The quantitative estimate of drug-likeness (QED) is 0.783. The van der Waals surface area contributed by atoms with Gasteiger partial charge in [0.2, 0.25) is 0 Å². The van der Waals surface area contributed by atoms with Crippen LogP contribution in [0, 0.1) is 29.6 Å². The Labute approximate surface area is 110 Å². The van der Waals surface area contributed by atoms with Gasteiger partial charge in [-0.3, -0.25) is 0 Å². The lowest BCUT2D eigenvalue weighted by Crippen LogP contribution is -2.57. The van der Waals surface area contributed by atoms with Crippen molar-refractivity contribution in [2.75, 3.05) is 18.1 Å². The van der Waals surface area contributed by atoms with Crippen molar-refractivity contribution in [3.8, 4) is 0 Å². The van der Waals surface area contributed by atoms with E-state index in [1.165, 1.54) is 32.1 Å². The first kappa shape index (κ1) is 11.7. The standard InChI is InChI=1S/C14H23NO2S/c16-18(17)2-1-15-13(8-18)14-11-4-9-3-10(6-11)7-12(14)5-9/h9-15H,1-8H2. The van der Waals surface area contributed by atoms with Gasteiger partial charge in [-0.2, -0.15) is 0 Å². The number of sulfone groups is 1.